The molecule has 7 nitrogen and oxygen atoms in total. The van der Waals surface area contributed by atoms with Crippen LogP contribution in [0.2, 0.25) is 0 Å². The van der Waals surface area contributed by atoms with Crippen molar-refractivity contribution in [3.8, 4) is 11.3 Å². The molecular weight excluding hydrogens is 412 g/mol. The SMILES string of the molecule is Nc1nccc2cc(CNC(=O)c3cncc(-c4ccnn4Cc4ccccc4)c3)ccc12. The summed E-state index contributed by atoms with van der Waals surface area (Å²) in [6.07, 6.45) is 6.76. The Hall–Kier alpha value is -4.52. The number of amides is 1. The van der Waals surface area contributed by atoms with Crippen LogP contribution in [0.25, 0.3) is 22.0 Å². The van der Waals surface area contributed by atoms with Gasteiger partial charge in [0.15, 0.2) is 0 Å². The number of carbonyl (C=O) groups is 1. The molecule has 0 atom stereocenters. The van der Waals surface area contributed by atoms with Gasteiger partial charge in [-0.15, -0.1) is 0 Å². The zero-order valence-corrected chi connectivity index (χ0v) is 17.8. The van der Waals surface area contributed by atoms with Crippen molar-refractivity contribution in [2.24, 2.45) is 0 Å². The maximum Gasteiger partial charge on any atom is 0.253 e. The highest BCUT2D eigenvalue weighted by atomic mass is 16.1. The standard InChI is InChI=1S/C26H22N6O/c27-25-23-7-6-19(12-20(23)8-10-29-25)14-30-26(33)22-13-21(15-28-16-22)24-9-11-31-32(24)17-18-4-2-1-3-5-18/h1-13,15-16H,14,17H2,(H2,27,29)(H,30,33). The van der Waals surface area contributed by atoms with E-state index in [1.165, 1.54) is 0 Å². The number of hydrogen-bond acceptors (Lipinski definition) is 5. The number of nitrogens with one attached hydrogen (secondary N) is 1. The number of rotatable bonds is 6. The molecule has 3 aromatic heterocycles. The maximum absolute atomic E-state index is 12.8. The summed E-state index contributed by atoms with van der Waals surface area (Å²) >= 11 is 0. The number of nitrogens with zero attached hydrogens (tertiary/aromatic N) is 4. The summed E-state index contributed by atoms with van der Waals surface area (Å²) in [6, 6.07) is 21.7. The first-order valence-electron chi connectivity index (χ1n) is 10.6. The van der Waals surface area contributed by atoms with Gasteiger partial charge >= 0.3 is 0 Å². The summed E-state index contributed by atoms with van der Waals surface area (Å²) in [7, 11) is 0. The predicted octanol–water partition coefficient (Wildman–Crippen LogP) is 4.05. The van der Waals surface area contributed by atoms with Crippen molar-refractivity contribution in [2.45, 2.75) is 13.1 Å². The van der Waals surface area contributed by atoms with Gasteiger partial charge in [0.25, 0.3) is 5.91 Å². The largest absolute Gasteiger partial charge is 0.383 e. The summed E-state index contributed by atoms with van der Waals surface area (Å²) in [5.74, 6) is 0.310. The minimum absolute atomic E-state index is 0.187. The summed E-state index contributed by atoms with van der Waals surface area (Å²) in [5, 5.41) is 9.31. The third kappa shape index (κ3) is 4.43. The zero-order chi connectivity index (χ0) is 22.6. The fourth-order valence-corrected chi connectivity index (χ4v) is 3.81. The fourth-order valence-electron chi connectivity index (χ4n) is 3.81. The van der Waals surface area contributed by atoms with Gasteiger partial charge in [0, 0.05) is 42.3 Å². The number of hydrogen-bond donors (Lipinski definition) is 2. The summed E-state index contributed by atoms with van der Waals surface area (Å²) in [5.41, 5.74) is 10.3. The highest BCUT2D eigenvalue weighted by Crippen LogP contribution is 2.21. The van der Waals surface area contributed by atoms with Crippen LogP contribution in [0.1, 0.15) is 21.5 Å². The van der Waals surface area contributed by atoms with Crippen LogP contribution in [-0.2, 0) is 13.1 Å². The zero-order valence-electron chi connectivity index (χ0n) is 17.8. The molecule has 0 aliphatic carbocycles. The lowest BCUT2D eigenvalue weighted by atomic mass is 10.1. The maximum atomic E-state index is 12.8. The molecule has 0 aliphatic heterocycles. The molecule has 7 heteroatoms. The van der Waals surface area contributed by atoms with E-state index in [1.807, 2.05) is 59.3 Å². The number of nitrogens with two attached hydrogens (primary N) is 1. The van der Waals surface area contributed by atoms with Crippen LogP contribution in [0.3, 0.4) is 0 Å². The lowest BCUT2D eigenvalue weighted by Crippen LogP contribution is -2.23. The van der Waals surface area contributed by atoms with E-state index < -0.39 is 0 Å². The van der Waals surface area contributed by atoms with Crippen LogP contribution in [0, 0.1) is 0 Å². The van der Waals surface area contributed by atoms with Gasteiger partial charge in [0.2, 0.25) is 0 Å². The van der Waals surface area contributed by atoms with E-state index in [4.69, 9.17) is 5.73 Å². The first-order valence-corrected chi connectivity index (χ1v) is 10.6. The first-order chi connectivity index (χ1) is 16.2. The number of benzene rings is 2. The Bertz CT molecular complexity index is 1430. The molecule has 0 bridgehead atoms. The third-order valence-corrected chi connectivity index (χ3v) is 5.50. The lowest BCUT2D eigenvalue weighted by molar-refractivity contribution is 0.0950. The third-order valence-electron chi connectivity index (χ3n) is 5.50. The number of pyridine rings is 2. The normalized spacial score (nSPS) is 10.9. The molecule has 0 radical (unpaired) electrons. The second-order valence-corrected chi connectivity index (χ2v) is 7.76. The average molecular weight is 435 g/mol. The molecule has 0 unspecified atom stereocenters. The number of aromatic nitrogens is 4. The molecule has 3 N–H and O–H groups in total. The minimum Gasteiger partial charge on any atom is -0.383 e. The van der Waals surface area contributed by atoms with Gasteiger partial charge in [-0.2, -0.15) is 5.10 Å². The van der Waals surface area contributed by atoms with Crippen molar-refractivity contribution < 1.29 is 4.79 Å². The topological polar surface area (TPSA) is 98.7 Å². The molecule has 2 aromatic carbocycles. The van der Waals surface area contributed by atoms with Crippen LogP contribution in [0.15, 0.2) is 91.5 Å². The monoisotopic (exact) mass is 434 g/mol. The summed E-state index contributed by atoms with van der Waals surface area (Å²) in [6.45, 7) is 1.04. The van der Waals surface area contributed by atoms with Gasteiger partial charge in [-0.25, -0.2) is 4.98 Å². The van der Waals surface area contributed by atoms with Crippen molar-refractivity contribution in [1.82, 2.24) is 25.1 Å². The number of fused-ring (bicyclic) bond motifs is 1. The molecule has 0 saturated heterocycles. The Morgan fingerprint density at radius 2 is 1.82 bits per heavy atom. The van der Waals surface area contributed by atoms with Crippen molar-refractivity contribution in [3.05, 3.63) is 108 Å². The number of anilines is 1. The second kappa shape index (κ2) is 8.92. The molecule has 5 rings (SSSR count). The van der Waals surface area contributed by atoms with Gasteiger partial charge in [0.1, 0.15) is 5.82 Å². The lowest BCUT2D eigenvalue weighted by Gasteiger charge is -2.10. The molecule has 0 spiro atoms. The Balaban J connectivity index is 1.32. The van der Waals surface area contributed by atoms with Crippen molar-refractivity contribution in [3.63, 3.8) is 0 Å². The molecule has 5 aromatic rings. The molecular formula is C26H22N6O. The van der Waals surface area contributed by atoms with E-state index in [0.717, 1.165) is 33.2 Å². The van der Waals surface area contributed by atoms with Gasteiger partial charge < -0.3 is 11.1 Å². The smallest absolute Gasteiger partial charge is 0.253 e. The average Bonchev–Trinajstić information content (AvgIpc) is 3.31. The van der Waals surface area contributed by atoms with Crippen LogP contribution < -0.4 is 11.1 Å². The first kappa shape index (κ1) is 20.4. The second-order valence-electron chi connectivity index (χ2n) is 7.76. The molecule has 1 amide bonds. The van der Waals surface area contributed by atoms with Crippen LogP contribution in [-0.4, -0.2) is 25.7 Å². The fraction of sp³-hybridized carbons (Fsp3) is 0.0769. The Morgan fingerprint density at radius 1 is 0.939 bits per heavy atom. The Morgan fingerprint density at radius 3 is 2.70 bits per heavy atom. The summed E-state index contributed by atoms with van der Waals surface area (Å²) < 4.78 is 1.91. The van der Waals surface area contributed by atoms with E-state index in [0.29, 0.717) is 24.5 Å². The highest BCUT2D eigenvalue weighted by molar-refractivity contribution is 5.95. The predicted molar refractivity (Wildman–Crippen MR) is 128 cm³/mol. The molecule has 0 aliphatic rings. The molecule has 3 heterocycles. The van der Waals surface area contributed by atoms with Crippen molar-refractivity contribution >= 4 is 22.5 Å². The van der Waals surface area contributed by atoms with Gasteiger partial charge in [0.05, 0.1) is 17.8 Å². The summed E-state index contributed by atoms with van der Waals surface area (Å²) in [4.78, 5) is 21.2. The van der Waals surface area contributed by atoms with E-state index in [2.05, 4.69) is 32.5 Å². The van der Waals surface area contributed by atoms with Crippen molar-refractivity contribution in [2.75, 3.05) is 5.73 Å². The molecule has 0 fully saturated rings. The quantitative estimate of drug-likeness (QED) is 0.420. The highest BCUT2D eigenvalue weighted by Gasteiger charge is 2.12. The molecule has 0 saturated carbocycles. The van der Waals surface area contributed by atoms with Gasteiger partial charge in [-0.3, -0.25) is 14.5 Å². The Labute approximate surface area is 190 Å². The van der Waals surface area contributed by atoms with Crippen LogP contribution in [0.5, 0.6) is 0 Å². The number of carbonyl (C=O) groups excluding carboxylic acids is 1. The van der Waals surface area contributed by atoms with Gasteiger partial charge in [-0.1, -0.05) is 42.5 Å². The number of nitrogen functional groups attached to an aromatic ring is 1. The van der Waals surface area contributed by atoms with Crippen LogP contribution >= 0.6 is 0 Å². The Kier molecular flexibility index (Phi) is 5.51. The van der Waals surface area contributed by atoms with Crippen LogP contribution in [0.4, 0.5) is 5.82 Å². The van der Waals surface area contributed by atoms with E-state index in [-0.39, 0.29) is 5.91 Å². The van der Waals surface area contributed by atoms with E-state index in [9.17, 15) is 4.79 Å². The van der Waals surface area contributed by atoms with E-state index in [1.54, 1.807) is 24.8 Å². The molecule has 33 heavy (non-hydrogen) atoms. The van der Waals surface area contributed by atoms with Gasteiger partial charge in [-0.05, 0) is 40.8 Å². The molecule has 162 valence electrons. The van der Waals surface area contributed by atoms with E-state index >= 15 is 0 Å². The van der Waals surface area contributed by atoms with Crippen molar-refractivity contribution in [1.29, 1.82) is 0 Å². The minimum atomic E-state index is -0.187.